The molecule has 1 aromatic carbocycles. The van der Waals surface area contributed by atoms with Crippen LogP contribution in [0.5, 0.6) is 0 Å². The summed E-state index contributed by atoms with van der Waals surface area (Å²) in [4.78, 5) is 13.4. The smallest absolute Gasteiger partial charge is 0.328 e. The van der Waals surface area contributed by atoms with Crippen molar-refractivity contribution in [1.82, 2.24) is 10.2 Å². The molecule has 4 heteroatoms. The lowest BCUT2D eigenvalue weighted by Gasteiger charge is -2.27. The van der Waals surface area contributed by atoms with Gasteiger partial charge in [-0.2, -0.15) is 0 Å². The zero-order valence-electron chi connectivity index (χ0n) is 10.6. The summed E-state index contributed by atoms with van der Waals surface area (Å²) >= 11 is 0. The summed E-state index contributed by atoms with van der Waals surface area (Å²) in [6.45, 7) is 3.13. The van der Waals surface area contributed by atoms with Gasteiger partial charge in [0.05, 0.1) is 0 Å². The van der Waals surface area contributed by atoms with Crippen LogP contribution in [0.3, 0.4) is 0 Å². The van der Waals surface area contributed by atoms with Crippen LogP contribution >= 0.6 is 0 Å². The second-order valence-electron chi connectivity index (χ2n) is 4.53. The van der Waals surface area contributed by atoms with Crippen LogP contribution in [-0.4, -0.2) is 43.2 Å². The average Bonchev–Trinajstić information content (AvgIpc) is 2.29. The molecular weight excluding hydrogens is 216 g/mol. The van der Waals surface area contributed by atoms with Crippen molar-refractivity contribution < 1.29 is 9.90 Å². The van der Waals surface area contributed by atoms with Gasteiger partial charge in [-0.1, -0.05) is 30.3 Å². The van der Waals surface area contributed by atoms with Gasteiger partial charge in [-0.25, -0.2) is 4.79 Å². The Morgan fingerprint density at radius 3 is 2.41 bits per heavy atom. The number of carboxylic acid groups (broad SMARTS) is 1. The fraction of sp³-hybridized carbons (Fsp3) is 0.462. The Bertz CT molecular complexity index is 365. The van der Waals surface area contributed by atoms with Crippen LogP contribution in [0.1, 0.15) is 12.5 Å². The molecule has 0 aliphatic carbocycles. The molecule has 17 heavy (non-hydrogen) atoms. The van der Waals surface area contributed by atoms with Crippen LogP contribution in [-0.2, 0) is 10.3 Å². The SMILES string of the molecule is CN(C)CCNC(C)(C(=O)O)c1ccccc1. The molecule has 4 nitrogen and oxygen atoms in total. The number of benzene rings is 1. The molecule has 0 fully saturated rings. The van der Waals surface area contributed by atoms with Crippen LogP contribution < -0.4 is 5.32 Å². The van der Waals surface area contributed by atoms with Gasteiger partial charge in [-0.05, 0) is 26.6 Å². The fourth-order valence-corrected chi connectivity index (χ4v) is 1.60. The van der Waals surface area contributed by atoms with Crippen LogP contribution in [0.4, 0.5) is 0 Å². The number of likely N-dealkylation sites (N-methyl/N-ethyl adjacent to an activating group) is 1. The van der Waals surface area contributed by atoms with Gasteiger partial charge in [0.1, 0.15) is 5.54 Å². The lowest BCUT2D eigenvalue weighted by Crippen LogP contribution is -2.48. The van der Waals surface area contributed by atoms with Gasteiger partial charge in [0.2, 0.25) is 0 Å². The molecule has 0 radical (unpaired) electrons. The number of hydrogen-bond donors (Lipinski definition) is 2. The first kappa shape index (κ1) is 13.7. The second kappa shape index (κ2) is 5.80. The van der Waals surface area contributed by atoms with Crippen molar-refractivity contribution in [3.63, 3.8) is 0 Å². The molecule has 1 unspecified atom stereocenters. The number of nitrogens with one attached hydrogen (secondary N) is 1. The summed E-state index contributed by atoms with van der Waals surface area (Å²) < 4.78 is 0. The molecule has 0 saturated heterocycles. The number of aliphatic carboxylic acids is 1. The molecule has 0 aliphatic heterocycles. The third-order valence-electron chi connectivity index (χ3n) is 2.82. The highest BCUT2D eigenvalue weighted by Gasteiger charge is 2.34. The van der Waals surface area contributed by atoms with Crippen LogP contribution in [0.2, 0.25) is 0 Å². The summed E-state index contributed by atoms with van der Waals surface area (Å²) in [5.74, 6) is -0.859. The molecule has 0 heterocycles. The van der Waals surface area contributed by atoms with Gasteiger partial charge in [0.25, 0.3) is 0 Å². The van der Waals surface area contributed by atoms with E-state index in [0.29, 0.717) is 6.54 Å². The minimum atomic E-state index is -1.03. The summed E-state index contributed by atoms with van der Waals surface area (Å²) in [7, 11) is 3.92. The zero-order chi connectivity index (χ0) is 12.9. The highest BCUT2D eigenvalue weighted by molar-refractivity contribution is 5.80. The fourth-order valence-electron chi connectivity index (χ4n) is 1.60. The molecule has 1 aromatic rings. The summed E-state index contributed by atoms with van der Waals surface area (Å²) in [5, 5.41) is 12.5. The van der Waals surface area contributed by atoms with Gasteiger partial charge in [-0.3, -0.25) is 5.32 Å². The van der Waals surface area contributed by atoms with Gasteiger partial charge in [-0.15, -0.1) is 0 Å². The van der Waals surface area contributed by atoms with Crippen molar-refractivity contribution in [2.75, 3.05) is 27.2 Å². The van der Waals surface area contributed by atoms with Crippen molar-refractivity contribution in [2.24, 2.45) is 0 Å². The number of nitrogens with zero attached hydrogens (tertiary/aromatic N) is 1. The van der Waals surface area contributed by atoms with Crippen LogP contribution in [0.15, 0.2) is 30.3 Å². The quantitative estimate of drug-likeness (QED) is 0.777. The molecule has 2 N–H and O–H groups in total. The molecule has 0 aromatic heterocycles. The third-order valence-corrected chi connectivity index (χ3v) is 2.82. The van der Waals surface area contributed by atoms with Crippen molar-refractivity contribution in [2.45, 2.75) is 12.5 Å². The molecule has 0 bridgehead atoms. The van der Waals surface area contributed by atoms with E-state index in [4.69, 9.17) is 0 Å². The predicted molar refractivity (Wildman–Crippen MR) is 68.0 cm³/mol. The monoisotopic (exact) mass is 236 g/mol. The Morgan fingerprint density at radius 1 is 1.35 bits per heavy atom. The second-order valence-corrected chi connectivity index (χ2v) is 4.53. The maximum absolute atomic E-state index is 11.4. The first-order chi connectivity index (χ1) is 7.97. The normalized spacial score (nSPS) is 14.6. The van der Waals surface area contributed by atoms with Crippen molar-refractivity contribution >= 4 is 5.97 Å². The number of carboxylic acids is 1. The van der Waals surface area contributed by atoms with Crippen molar-refractivity contribution in [1.29, 1.82) is 0 Å². The molecular formula is C13H20N2O2. The van der Waals surface area contributed by atoms with Gasteiger partial charge in [0.15, 0.2) is 0 Å². The van der Waals surface area contributed by atoms with E-state index in [1.54, 1.807) is 6.92 Å². The lowest BCUT2D eigenvalue weighted by atomic mass is 9.92. The molecule has 0 amide bonds. The number of carbonyl (C=O) groups is 1. The number of hydrogen-bond acceptors (Lipinski definition) is 3. The highest BCUT2D eigenvalue weighted by atomic mass is 16.4. The van der Waals surface area contributed by atoms with E-state index in [0.717, 1.165) is 12.1 Å². The standard InChI is InChI=1S/C13H20N2O2/c1-13(12(16)17,14-9-10-15(2)3)11-7-5-4-6-8-11/h4-8,14H,9-10H2,1-3H3,(H,16,17). The summed E-state index contributed by atoms with van der Waals surface area (Å²) in [6, 6.07) is 9.24. The molecule has 0 spiro atoms. The lowest BCUT2D eigenvalue weighted by molar-refractivity contribution is -0.144. The summed E-state index contributed by atoms with van der Waals surface area (Å²) in [5.41, 5.74) is -0.261. The first-order valence-electron chi connectivity index (χ1n) is 5.65. The molecule has 0 saturated carbocycles. The molecule has 0 aliphatic rings. The van der Waals surface area contributed by atoms with E-state index >= 15 is 0 Å². The molecule has 1 rings (SSSR count). The maximum Gasteiger partial charge on any atom is 0.328 e. The predicted octanol–water partition coefficient (Wildman–Crippen LogP) is 1.14. The van der Waals surface area contributed by atoms with E-state index in [-0.39, 0.29) is 0 Å². The van der Waals surface area contributed by atoms with E-state index in [2.05, 4.69) is 5.32 Å². The van der Waals surface area contributed by atoms with Crippen LogP contribution in [0, 0.1) is 0 Å². The minimum absolute atomic E-state index is 0.630. The first-order valence-corrected chi connectivity index (χ1v) is 5.65. The largest absolute Gasteiger partial charge is 0.480 e. The molecule has 94 valence electrons. The Hall–Kier alpha value is -1.39. The van der Waals surface area contributed by atoms with E-state index < -0.39 is 11.5 Å². The zero-order valence-corrected chi connectivity index (χ0v) is 10.6. The summed E-state index contributed by atoms with van der Waals surface area (Å²) in [6.07, 6.45) is 0. The van der Waals surface area contributed by atoms with Crippen molar-refractivity contribution in [3.8, 4) is 0 Å². The topological polar surface area (TPSA) is 52.6 Å². The Morgan fingerprint density at radius 2 is 1.94 bits per heavy atom. The van der Waals surface area contributed by atoms with Crippen molar-refractivity contribution in [3.05, 3.63) is 35.9 Å². The van der Waals surface area contributed by atoms with Gasteiger partial charge < -0.3 is 10.0 Å². The maximum atomic E-state index is 11.4. The van der Waals surface area contributed by atoms with E-state index in [1.807, 2.05) is 49.3 Å². The Kier molecular flexibility index (Phi) is 4.66. The van der Waals surface area contributed by atoms with E-state index in [1.165, 1.54) is 0 Å². The van der Waals surface area contributed by atoms with Gasteiger partial charge >= 0.3 is 5.97 Å². The molecule has 1 atom stereocenters. The minimum Gasteiger partial charge on any atom is -0.480 e. The highest BCUT2D eigenvalue weighted by Crippen LogP contribution is 2.20. The average molecular weight is 236 g/mol. The Balaban J connectivity index is 2.80. The third kappa shape index (κ3) is 3.54. The number of rotatable bonds is 6. The van der Waals surface area contributed by atoms with Gasteiger partial charge in [0, 0.05) is 13.1 Å². The Labute approximate surface area is 102 Å². The van der Waals surface area contributed by atoms with Crippen LogP contribution in [0.25, 0.3) is 0 Å². The van der Waals surface area contributed by atoms with E-state index in [9.17, 15) is 9.90 Å².